The molecular formula is C31H34ClN3O2S. The van der Waals surface area contributed by atoms with Gasteiger partial charge in [-0.25, -0.2) is 0 Å². The highest BCUT2D eigenvalue weighted by Gasteiger charge is 2.32. The number of fused-ring (bicyclic) bond motifs is 1. The second kappa shape index (κ2) is 11.9. The van der Waals surface area contributed by atoms with E-state index in [2.05, 4.69) is 28.5 Å². The van der Waals surface area contributed by atoms with Crippen LogP contribution in [0.25, 0.3) is 21.2 Å². The van der Waals surface area contributed by atoms with Gasteiger partial charge in [0, 0.05) is 51.7 Å². The van der Waals surface area contributed by atoms with Gasteiger partial charge >= 0.3 is 0 Å². The topological polar surface area (TPSA) is 54.5 Å². The molecule has 4 aromatic rings. The van der Waals surface area contributed by atoms with E-state index in [1.165, 1.54) is 11.3 Å². The number of aryl methyl sites for hydroxylation is 1. The summed E-state index contributed by atoms with van der Waals surface area (Å²) in [6, 6.07) is 18.9. The van der Waals surface area contributed by atoms with Gasteiger partial charge in [-0.15, -0.1) is 11.3 Å². The van der Waals surface area contributed by atoms with Gasteiger partial charge in [0.25, 0.3) is 5.91 Å². The monoisotopic (exact) mass is 547 g/mol. The van der Waals surface area contributed by atoms with Crippen LogP contribution < -0.4 is 10.1 Å². The lowest BCUT2D eigenvalue weighted by Gasteiger charge is -2.37. The van der Waals surface area contributed by atoms with Crippen molar-refractivity contribution < 1.29 is 9.53 Å². The summed E-state index contributed by atoms with van der Waals surface area (Å²) < 4.78 is 7.07. The van der Waals surface area contributed by atoms with Gasteiger partial charge in [-0.2, -0.15) is 0 Å². The van der Waals surface area contributed by atoms with Crippen molar-refractivity contribution in [2.45, 2.75) is 58.2 Å². The summed E-state index contributed by atoms with van der Waals surface area (Å²) in [4.78, 5) is 21.4. The Morgan fingerprint density at radius 2 is 1.87 bits per heavy atom. The highest BCUT2D eigenvalue weighted by molar-refractivity contribution is 7.21. The SMILES string of the molecule is CCOc1ccc(-c2ccc(C)nc2)cc1CN(C(=O)c1sc2ccccc2c1Cl)[C@H]1CC[C@H](NC)CC1. The zero-order chi connectivity index (χ0) is 26.6. The zero-order valence-electron chi connectivity index (χ0n) is 22.2. The van der Waals surface area contributed by atoms with Crippen LogP contribution in [0.15, 0.2) is 60.8 Å². The Morgan fingerprint density at radius 1 is 1.11 bits per heavy atom. The first-order chi connectivity index (χ1) is 18.5. The first-order valence-electron chi connectivity index (χ1n) is 13.3. The van der Waals surface area contributed by atoms with Gasteiger partial charge < -0.3 is 15.0 Å². The van der Waals surface area contributed by atoms with Crippen LogP contribution in [0.2, 0.25) is 5.02 Å². The molecule has 5 rings (SSSR count). The van der Waals surface area contributed by atoms with Crippen LogP contribution >= 0.6 is 22.9 Å². The second-order valence-corrected chi connectivity index (χ2v) is 11.3. The van der Waals surface area contributed by atoms with Crippen LogP contribution in [0.1, 0.15) is 53.5 Å². The highest BCUT2D eigenvalue weighted by Crippen LogP contribution is 2.38. The molecule has 1 saturated carbocycles. The molecule has 0 aliphatic heterocycles. The van der Waals surface area contributed by atoms with Gasteiger partial charge in [0.2, 0.25) is 0 Å². The maximum absolute atomic E-state index is 14.2. The maximum atomic E-state index is 14.2. The van der Waals surface area contributed by atoms with E-state index in [4.69, 9.17) is 16.3 Å². The minimum absolute atomic E-state index is 0.00559. The second-order valence-electron chi connectivity index (χ2n) is 9.91. The molecule has 0 unspecified atom stereocenters. The molecule has 2 aromatic carbocycles. The number of ether oxygens (including phenoxy) is 1. The molecule has 0 radical (unpaired) electrons. The Hall–Kier alpha value is -2.93. The number of carbonyl (C=O) groups excluding carboxylic acids is 1. The Morgan fingerprint density at radius 3 is 2.55 bits per heavy atom. The smallest absolute Gasteiger partial charge is 0.266 e. The molecule has 1 aliphatic carbocycles. The van der Waals surface area contributed by atoms with Gasteiger partial charge in [0.15, 0.2) is 0 Å². The van der Waals surface area contributed by atoms with E-state index in [0.717, 1.165) is 63.9 Å². The maximum Gasteiger partial charge on any atom is 0.266 e. The number of thiophene rings is 1. The number of hydrogen-bond donors (Lipinski definition) is 1. The number of pyridine rings is 1. The van der Waals surface area contributed by atoms with E-state index in [9.17, 15) is 4.79 Å². The summed E-state index contributed by atoms with van der Waals surface area (Å²) >= 11 is 8.28. The van der Waals surface area contributed by atoms with Crippen LogP contribution in [0.4, 0.5) is 0 Å². The van der Waals surface area contributed by atoms with Crippen molar-refractivity contribution in [1.29, 1.82) is 0 Å². The number of nitrogens with one attached hydrogen (secondary N) is 1. The summed E-state index contributed by atoms with van der Waals surface area (Å²) in [6.07, 6.45) is 5.88. The van der Waals surface area contributed by atoms with Crippen LogP contribution in [0.3, 0.4) is 0 Å². The van der Waals surface area contributed by atoms with E-state index in [-0.39, 0.29) is 11.9 Å². The summed E-state index contributed by atoms with van der Waals surface area (Å²) in [5.74, 6) is 0.800. The fourth-order valence-electron chi connectivity index (χ4n) is 5.33. The molecule has 198 valence electrons. The molecular weight excluding hydrogens is 514 g/mol. The Labute approximate surface area is 233 Å². The van der Waals surface area contributed by atoms with Gasteiger partial charge in [-0.1, -0.05) is 41.9 Å². The molecule has 2 heterocycles. The van der Waals surface area contributed by atoms with Crippen molar-refractivity contribution in [3.63, 3.8) is 0 Å². The molecule has 0 saturated heterocycles. The van der Waals surface area contributed by atoms with Crippen molar-refractivity contribution in [3.8, 4) is 16.9 Å². The first kappa shape index (κ1) is 26.7. The molecule has 0 atom stereocenters. The molecule has 0 bridgehead atoms. The number of nitrogens with zero attached hydrogens (tertiary/aromatic N) is 2. The molecule has 1 N–H and O–H groups in total. The molecule has 0 spiro atoms. The van der Waals surface area contributed by atoms with E-state index in [1.807, 2.05) is 68.4 Å². The number of amides is 1. The zero-order valence-corrected chi connectivity index (χ0v) is 23.7. The fourth-order valence-corrected chi connectivity index (χ4v) is 6.79. The van der Waals surface area contributed by atoms with E-state index >= 15 is 0 Å². The summed E-state index contributed by atoms with van der Waals surface area (Å²) in [6.45, 7) is 4.99. The van der Waals surface area contributed by atoms with Gasteiger partial charge in [0.05, 0.1) is 11.6 Å². The normalized spacial score (nSPS) is 17.5. The van der Waals surface area contributed by atoms with E-state index in [0.29, 0.717) is 29.1 Å². The van der Waals surface area contributed by atoms with Crippen molar-refractivity contribution in [1.82, 2.24) is 15.2 Å². The van der Waals surface area contributed by atoms with Crippen molar-refractivity contribution in [2.75, 3.05) is 13.7 Å². The van der Waals surface area contributed by atoms with E-state index in [1.54, 1.807) is 0 Å². The van der Waals surface area contributed by atoms with Crippen LogP contribution in [0.5, 0.6) is 5.75 Å². The first-order valence-corrected chi connectivity index (χ1v) is 14.5. The quantitative estimate of drug-likeness (QED) is 0.248. The molecule has 38 heavy (non-hydrogen) atoms. The van der Waals surface area contributed by atoms with Crippen LogP contribution in [-0.2, 0) is 6.54 Å². The lowest BCUT2D eigenvalue weighted by Crippen LogP contribution is -2.44. The number of aromatic nitrogens is 1. The Kier molecular flexibility index (Phi) is 8.32. The lowest BCUT2D eigenvalue weighted by atomic mass is 9.89. The number of benzene rings is 2. The van der Waals surface area contributed by atoms with Crippen LogP contribution in [-0.4, -0.2) is 41.5 Å². The molecule has 5 nitrogen and oxygen atoms in total. The number of hydrogen-bond acceptors (Lipinski definition) is 5. The predicted octanol–water partition coefficient (Wildman–Crippen LogP) is 7.50. The minimum atomic E-state index is -0.00559. The van der Waals surface area contributed by atoms with Crippen molar-refractivity contribution in [3.05, 3.63) is 82.0 Å². The average molecular weight is 548 g/mol. The Balaban J connectivity index is 1.53. The summed E-state index contributed by atoms with van der Waals surface area (Å²) in [5, 5.41) is 4.89. The van der Waals surface area contributed by atoms with Crippen molar-refractivity contribution in [2.24, 2.45) is 0 Å². The third-order valence-electron chi connectivity index (χ3n) is 7.48. The van der Waals surface area contributed by atoms with Gasteiger partial charge in [-0.05, 0) is 76.4 Å². The largest absolute Gasteiger partial charge is 0.494 e. The fraction of sp³-hybridized carbons (Fsp3) is 0.355. The highest BCUT2D eigenvalue weighted by atomic mass is 35.5. The standard InChI is InChI=1S/C31H34ClN3O2S/c1-4-37-27-16-11-21(22-10-9-20(2)34-18-22)17-23(27)19-35(25-14-12-24(33-3)13-15-25)31(36)30-29(32)26-7-5-6-8-28(26)38-30/h5-11,16-18,24-25,33H,4,12-15,19H2,1-3H3/t24-,25-. The lowest BCUT2D eigenvalue weighted by molar-refractivity contribution is 0.0604. The van der Waals surface area contributed by atoms with Crippen LogP contribution in [0, 0.1) is 6.92 Å². The minimum Gasteiger partial charge on any atom is -0.494 e. The number of rotatable bonds is 8. The number of carbonyl (C=O) groups is 1. The summed E-state index contributed by atoms with van der Waals surface area (Å²) in [7, 11) is 2.02. The van der Waals surface area contributed by atoms with Gasteiger partial charge in [0.1, 0.15) is 10.6 Å². The average Bonchev–Trinajstić information content (AvgIpc) is 3.29. The van der Waals surface area contributed by atoms with E-state index < -0.39 is 0 Å². The van der Waals surface area contributed by atoms with Gasteiger partial charge in [-0.3, -0.25) is 9.78 Å². The molecule has 1 amide bonds. The molecule has 7 heteroatoms. The molecule has 1 aliphatic rings. The molecule has 2 aromatic heterocycles. The predicted molar refractivity (Wildman–Crippen MR) is 157 cm³/mol. The third-order valence-corrected chi connectivity index (χ3v) is 9.14. The third kappa shape index (κ3) is 5.58. The molecule has 1 fully saturated rings. The number of halogens is 1. The Bertz CT molecular complexity index is 1410. The summed E-state index contributed by atoms with van der Waals surface area (Å²) in [5.41, 5.74) is 4.07. The van der Waals surface area contributed by atoms with Crippen molar-refractivity contribution >= 4 is 38.9 Å².